The van der Waals surface area contributed by atoms with Gasteiger partial charge in [0.15, 0.2) is 6.29 Å². The lowest BCUT2D eigenvalue weighted by Gasteiger charge is -1.92. The van der Waals surface area contributed by atoms with Gasteiger partial charge in [-0.3, -0.25) is 4.79 Å². The van der Waals surface area contributed by atoms with Gasteiger partial charge in [0, 0.05) is 24.1 Å². The first kappa shape index (κ1) is 10.1. The number of aliphatic hydroxyl groups excluding tert-OH is 1. The minimum atomic E-state index is -0.0655. The Hall–Kier alpha value is -0.460. The summed E-state index contributed by atoms with van der Waals surface area (Å²) in [5, 5.41) is 10.0. The van der Waals surface area contributed by atoms with Crippen molar-refractivity contribution in [1.82, 2.24) is 0 Å². The molecule has 0 spiro atoms. The third-order valence-electron chi connectivity index (χ3n) is 2.03. The topological polar surface area (TPSA) is 37.3 Å². The SMILES string of the molecule is O=Cc1c(CO)sc2cc(I)ccc12. The standard InChI is InChI=1S/C10H7IO2S/c11-6-1-2-7-8(4-12)10(5-13)14-9(7)3-6/h1-4,13H,5H2. The fourth-order valence-corrected chi connectivity index (χ4v) is 3.16. The smallest absolute Gasteiger partial charge is 0.151 e. The number of hydrogen-bond acceptors (Lipinski definition) is 3. The highest BCUT2D eigenvalue weighted by molar-refractivity contribution is 14.1. The molecule has 1 aromatic carbocycles. The van der Waals surface area contributed by atoms with Crippen LogP contribution in [0.4, 0.5) is 0 Å². The van der Waals surface area contributed by atoms with E-state index in [-0.39, 0.29) is 6.61 Å². The van der Waals surface area contributed by atoms with Crippen LogP contribution in [0.3, 0.4) is 0 Å². The van der Waals surface area contributed by atoms with Gasteiger partial charge < -0.3 is 5.11 Å². The molecule has 2 rings (SSSR count). The monoisotopic (exact) mass is 318 g/mol. The summed E-state index contributed by atoms with van der Waals surface area (Å²) in [6.45, 7) is -0.0655. The van der Waals surface area contributed by atoms with E-state index in [0.29, 0.717) is 5.56 Å². The van der Waals surface area contributed by atoms with E-state index < -0.39 is 0 Å². The lowest BCUT2D eigenvalue weighted by Crippen LogP contribution is -1.84. The van der Waals surface area contributed by atoms with Gasteiger partial charge in [-0.15, -0.1) is 11.3 Å². The van der Waals surface area contributed by atoms with Gasteiger partial charge in [-0.05, 0) is 34.7 Å². The first-order valence-corrected chi connectivity index (χ1v) is 5.92. The van der Waals surface area contributed by atoms with Crippen LogP contribution >= 0.6 is 33.9 Å². The summed E-state index contributed by atoms with van der Waals surface area (Å²) < 4.78 is 2.20. The first-order valence-electron chi connectivity index (χ1n) is 4.03. The number of thiophene rings is 1. The van der Waals surface area contributed by atoms with Crippen molar-refractivity contribution < 1.29 is 9.90 Å². The number of halogens is 1. The summed E-state index contributed by atoms with van der Waals surface area (Å²) in [4.78, 5) is 11.6. The molecule has 1 aromatic heterocycles. The summed E-state index contributed by atoms with van der Waals surface area (Å²) >= 11 is 3.71. The molecule has 0 bridgehead atoms. The van der Waals surface area contributed by atoms with Crippen LogP contribution in [-0.2, 0) is 6.61 Å². The minimum Gasteiger partial charge on any atom is -0.391 e. The molecular formula is C10H7IO2S. The van der Waals surface area contributed by atoms with Gasteiger partial charge in [-0.2, -0.15) is 0 Å². The van der Waals surface area contributed by atoms with E-state index in [9.17, 15) is 4.79 Å². The van der Waals surface area contributed by atoms with Crippen molar-refractivity contribution in [2.45, 2.75) is 6.61 Å². The molecule has 0 radical (unpaired) electrons. The number of hydrogen-bond donors (Lipinski definition) is 1. The van der Waals surface area contributed by atoms with Gasteiger partial charge in [0.25, 0.3) is 0 Å². The zero-order valence-electron chi connectivity index (χ0n) is 7.16. The lowest BCUT2D eigenvalue weighted by atomic mass is 10.1. The van der Waals surface area contributed by atoms with Crippen LogP contribution in [-0.4, -0.2) is 11.4 Å². The molecule has 1 N–H and O–H groups in total. The highest BCUT2D eigenvalue weighted by Crippen LogP contribution is 2.31. The summed E-state index contributed by atoms with van der Waals surface area (Å²) in [5.74, 6) is 0. The van der Waals surface area contributed by atoms with Gasteiger partial charge in [0.1, 0.15) is 0 Å². The summed E-state index contributed by atoms with van der Waals surface area (Å²) in [6, 6.07) is 5.91. The highest BCUT2D eigenvalue weighted by Gasteiger charge is 2.10. The van der Waals surface area contributed by atoms with E-state index in [1.807, 2.05) is 18.2 Å². The van der Waals surface area contributed by atoms with Crippen molar-refractivity contribution in [2.75, 3.05) is 0 Å². The van der Waals surface area contributed by atoms with E-state index in [4.69, 9.17) is 5.11 Å². The zero-order chi connectivity index (χ0) is 10.1. The van der Waals surface area contributed by atoms with Crippen molar-refractivity contribution >= 4 is 50.3 Å². The maximum Gasteiger partial charge on any atom is 0.151 e. The van der Waals surface area contributed by atoms with Crippen LogP contribution in [0.1, 0.15) is 15.2 Å². The predicted octanol–water partition coefficient (Wildman–Crippen LogP) is 2.81. The second-order valence-electron chi connectivity index (χ2n) is 2.86. The average Bonchev–Trinajstić information content (AvgIpc) is 2.54. The van der Waals surface area contributed by atoms with Crippen LogP contribution < -0.4 is 0 Å². The van der Waals surface area contributed by atoms with Crippen LogP contribution in [0.5, 0.6) is 0 Å². The van der Waals surface area contributed by atoms with Crippen molar-refractivity contribution in [3.63, 3.8) is 0 Å². The van der Waals surface area contributed by atoms with Crippen LogP contribution in [0, 0.1) is 3.57 Å². The van der Waals surface area contributed by atoms with Gasteiger partial charge in [0.2, 0.25) is 0 Å². The molecule has 72 valence electrons. The predicted molar refractivity (Wildman–Crippen MR) is 65.9 cm³/mol. The number of fused-ring (bicyclic) bond motifs is 1. The summed E-state index contributed by atoms with van der Waals surface area (Å²) in [7, 11) is 0. The maximum atomic E-state index is 10.8. The molecule has 14 heavy (non-hydrogen) atoms. The minimum absolute atomic E-state index is 0.0655. The Balaban J connectivity index is 2.79. The first-order chi connectivity index (χ1) is 6.76. The number of aldehydes is 1. The van der Waals surface area contributed by atoms with E-state index in [1.54, 1.807) is 0 Å². The number of aliphatic hydroxyl groups is 1. The summed E-state index contributed by atoms with van der Waals surface area (Å²) in [6.07, 6.45) is 0.817. The normalized spacial score (nSPS) is 10.7. The molecule has 1 heterocycles. The third kappa shape index (κ3) is 1.57. The van der Waals surface area contributed by atoms with Crippen molar-refractivity contribution in [3.8, 4) is 0 Å². The van der Waals surface area contributed by atoms with Gasteiger partial charge in [-0.1, -0.05) is 6.07 Å². The molecule has 2 nitrogen and oxygen atoms in total. The fourth-order valence-electron chi connectivity index (χ4n) is 1.39. The Bertz CT molecular complexity index is 490. The average molecular weight is 318 g/mol. The van der Waals surface area contributed by atoms with Crippen LogP contribution in [0.15, 0.2) is 18.2 Å². The maximum absolute atomic E-state index is 10.8. The Morgan fingerprint density at radius 2 is 2.29 bits per heavy atom. The molecule has 0 saturated carbocycles. The number of rotatable bonds is 2. The molecule has 4 heteroatoms. The molecule has 0 saturated heterocycles. The Labute approximate surface area is 98.7 Å². The van der Waals surface area contributed by atoms with Crippen molar-refractivity contribution in [1.29, 1.82) is 0 Å². The molecular weight excluding hydrogens is 311 g/mol. The number of benzene rings is 1. The Kier molecular flexibility index (Phi) is 2.85. The molecule has 0 aliphatic carbocycles. The molecule has 0 aliphatic heterocycles. The fraction of sp³-hybridized carbons (Fsp3) is 0.100. The van der Waals surface area contributed by atoms with E-state index in [1.165, 1.54) is 11.3 Å². The quantitative estimate of drug-likeness (QED) is 0.683. The largest absolute Gasteiger partial charge is 0.391 e. The Morgan fingerprint density at radius 3 is 2.93 bits per heavy atom. The van der Waals surface area contributed by atoms with Gasteiger partial charge >= 0.3 is 0 Å². The van der Waals surface area contributed by atoms with Crippen LogP contribution in [0.2, 0.25) is 0 Å². The number of carbonyl (C=O) groups excluding carboxylic acids is 1. The van der Waals surface area contributed by atoms with E-state index in [2.05, 4.69) is 22.6 Å². The third-order valence-corrected chi connectivity index (χ3v) is 3.85. The molecule has 0 aliphatic rings. The van der Waals surface area contributed by atoms with Crippen LogP contribution in [0.25, 0.3) is 10.1 Å². The summed E-state index contributed by atoms with van der Waals surface area (Å²) in [5.41, 5.74) is 0.629. The molecule has 0 atom stereocenters. The Morgan fingerprint density at radius 1 is 1.50 bits per heavy atom. The molecule has 0 amide bonds. The molecule has 0 unspecified atom stereocenters. The highest BCUT2D eigenvalue weighted by atomic mass is 127. The van der Waals surface area contributed by atoms with Crippen molar-refractivity contribution in [2.24, 2.45) is 0 Å². The van der Waals surface area contributed by atoms with E-state index in [0.717, 1.165) is 24.8 Å². The van der Waals surface area contributed by atoms with E-state index >= 15 is 0 Å². The number of carbonyl (C=O) groups is 1. The van der Waals surface area contributed by atoms with Crippen molar-refractivity contribution in [3.05, 3.63) is 32.2 Å². The molecule has 2 aromatic rings. The molecule has 0 fully saturated rings. The van der Waals surface area contributed by atoms with Gasteiger partial charge in [0.05, 0.1) is 6.61 Å². The van der Waals surface area contributed by atoms with Gasteiger partial charge in [-0.25, -0.2) is 0 Å². The zero-order valence-corrected chi connectivity index (χ0v) is 10.1. The second kappa shape index (κ2) is 3.96. The lowest BCUT2D eigenvalue weighted by molar-refractivity contribution is 0.112. The second-order valence-corrected chi connectivity index (χ2v) is 5.24.